The normalized spacial score (nSPS) is 16.6. The van der Waals surface area contributed by atoms with Crippen molar-refractivity contribution in [2.45, 2.75) is 77.0 Å². The second-order valence-corrected chi connectivity index (χ2v) is 10.4. The van der Waals surface area contributed by atoms with Gasteiger partial charge in [-0.05, 0) is 50.4 Å². The van der Waals surface area contributed by atoms with Crippen LogP contribution in [0.2, 0.25) is 0 Å². The maximum absolute atomic E-state index is 12.1. The van der Waals surface area contributed by atoms with Crippen LogP contribution in [-0.4, -0.2) is 87.5 Å². The van der Waals surface area contributed by atoms with Crippen LogP contribution >= 0.6 is 0 Å². The van der Waals surface area contributed by atoms with Crippen LogP contribution in [-0.2, 0) is 28.5 Å². The fraction of sp³-hybridized carbons (Fsp3) is 0.786. The van der Waals surface area contributed by atoms with Gasteiger partial charge in [0.05, 0.1) is 26.4 Å². The van der Waals surface area contributed by atoms with Gasteiger partial charge in [-0.1, -0.05) is 38.5 Å². The number of amides is 2. The van der Waals surface area contributed by atoms with E-state index < -0.39 is 11.9 Å². The lowest BCUT2D eigenvalue weighted by molar-refractivity contribution is -0.140. The van der Waals surface area contributed by atoms with E-state index in [1.165, 1.54) is 48.3 Å². The number of hydrogen-bond acceptors (Lipinski definition) is 8. The highest BCUT2D eigenvalue weighted by atomic mass is 16.6. The van der Waals surface area contributed by atoms with Crippen molar-refractivity contribution in [2.75, 3.05) is 53.6 Å². The van der Waals surface area contributed by atoms with Gasteiger partial charge in [0.25, 0.3) is 0 Å². The summed E-state index contributed by atoms with van der Waals surface area (Å²) >= 11 is 0. The van der Waals surface area contributed by atoms with Gasteiger partial charge in [0.1, 0.15) is 0 Å². The zero-order valence-electron chi connectivity index (χ0n) is 23.2. The molecule has 2 saturated carbocycles. The number of rotatable bonds is 14. The van der Waals surface area contributed by atoms with E-state index in [0.29, 0.717) is 51.0 Å². The zero-order valence-corrected chi connectivity index (χ0v) is 23.2. The fourth-order valence-electron chi connectivity index (χ4n) is 4.67. The van der Waals surface area contributed by atoms with Gasteiger partial charge in [0.15, 0.2) is 0 Å². The van der Waals surface area contributed by atoms with Crippen LogP contribution in [0.3, 0.4) is 0 Å². The molecule has 38 heavy (non-hydrogen) atoms. The number of nitrogens with zero attached hydrogens (tertiary/aromatic N) is 2. The molecule has 10 nitrogen and oxygen atoms in total. The molecule has 0 atom stereocenters. The van der Waals surface area contributed by atoms with Gasteiger partial charge in [-0.25, -0.2) is 19.2 Å². The number of carbonyl (C=O) groups excluding carboxylic acids is 4. The van der Waals surface area contributed by atoms with Crippen LogP contribution in [0, 0.1) is 11.8 Å². The van der Waals surface area contributed by atoms with E-state index in [0.717, 1.165) is 37.8 Å². The molecule has 0 radical (unpaired) electrons. The molecule has 0 aromatic carbocycles. The highest BCUT2D eigenvalue weighted by molar-refractivity contribution is 5.91. The van der Waals surface area contributed by atoms with Crippen molar-refractivity contribution in [1.82, 2.24) is 9.80 Å². The van der Waals surface area contributed by atoms with Gasteiger partial charge in [-0.3, -0.25) is 0 Å². The van der Waals surface area contributed by atoms with E-state index >= 15 is 0 Å². The Labute approximate surface area is 227 Å². The molecule has 0 N–H and O–H groups in total. The molecular formula is C28H46N2O8. The molecule has 0 aromatic rings. The van der Waals surface area contributed by atoms with E-state index in [-0.39, 0.29) is 25.4 Å². The zero-order chi connectivity index (χ0) is 27.6. The number of carbonyl (C=O) groups is 4. The monoisotopic (exact) mass is 538 g/mol. The molecule has 2 aliphatic carbocycles. The van der Waals surface area contributed by atoms with Gasteiger partial charge < -0.3 is 28.7 Å². The third kappa shape index (κ3) is 13.7. The van der Waals surface area contributed by atoms with Crippen LogP contribution in [0.1, 0.15) is 77.0 Å². The maximum atomic E-state index is 12.1. The van der Waals surface area contributed by atoms with Crippen LogP contribution in [0.5, 0.6) is 0 Å². The van der Waals surface area contributed by atoms with Crippen molar-refractivity contribution in [3.8, 4) is 0 Å². The lowest BCUT2D eigenvalue weighted by atomic mass is 9.90. The number of hydrogen-bond donors (Lipinski definition) is 0. The molecule has 0 heterocycles. The van der Waals surface area contributed by atoms with Crippen molar-refractivity contribution >= 4 is 24.1 Å². The van der Waals surface area contributed by atoms with E-state index in [4.69, 9.17) is 18.9 Å². The Hall–Kier alpha value is -2.78. The third-order valence-corrected chi connectivity index (χ3v) is 7.08. The standard InChI is InChI=1S/C28H46N2O8/c1-29(27(33)37-21-23-11-5-3-6-12-23)17-9-19-35-25(31)15-16-26(32)36-20-10-18-30(2)28(34)38-22-24-13-7-4-8-14-24/h15-16,23-24H,3-14,17-22H2,1-2H3/b16-15+. The molecule has 2 aliphatic rings. The van der Waals surface area contributed by atoms with Crippen LogP contribution in [0.4, 0.5) is 9.59 Å². The third-order valence-electron chi connectivity index (χ3n) is 7.08. The molecule has 2 rings (SSSR count). The highest BCUT2D eigenvalue weighted by Gasteiger charge is 2.18. The van der Waals surface area contributed by atoms with E-state index in [1.54, 1.807) is 14.1 Å². The summed E-state index contributed by atoms with van der Waals surface area (Å²) in [5.41, 5.74) is 0. The van der Waals surface area contributed by atoms with Gasteiger partial charge in [-0.15, -0.1) is 0 Å². The molecule has 0 bridgehead atoms. The van der Waals surface area contributed by atoms with E-state index in [1.807, 2.05) is 0 Å². The van der Waals surface area contributed by atoms with Gasteiger partial charge in [-0.2, -0.15) is 0 Å². The summed E-state index contributed by atoms with van der Waals surface area (Å²) in [6.07, 6.45) is 14.0. The van der Waals surface area contributed by atoms with Crippen LogP contribution in [0.25, 0.3) is 0 Å². The summed E-state index contributed by atoms with van der Waals surface area (Å²) < 4.78 is 20.9. The molecule has 2 amide bonds. The minimum Gasteiger partial charge on any atom is -0.462 e. The second kappa shape index (κ2) is 18.5. The molecule has 10 heteroatoms. The number of esters is 2. The Kier molecular flexibility index (Phi) is 15.3. The van der Waals surface area contributed by atoms with Crippen molar-refractivity contribution in [3.05, 3.63) is 12.2 Å². The second-order valence-electron chi connectivity index (χ2n) is 10.4. The lowest BCUT2D eigenvalue weighted by Crippen LogP contribution is -2.31. The molecule has 2 fully saturated rings. The maximum Gasteiger partial charge on any atom is 0.409 e. The first-order valence-corrected chi connectivity index (χ1v) is 14.1. The summed E-state index contributed by atoms with van der Waals surface area (Å²) in [6.45, 7) is 1.94. The fourth-order valence-corrected chi connectivity index (χ4v) is 4.67. The average molecular weight is 539 g/mol. The predicted octanol–water partition coefficient (Wildman–Crippen LogP) is 4.71. The smallest absolute Gasteiger partial charge is 0.409 e. The summed E-state index contributed by atoms with van der Waals surface area (Å²) in [5.74, 6) is -0.405. The SMILES string of the molecule is CN(CCCOC(=O)/C=C/C(=O)OCCCN(C)C(=O)OCC1CCCCC1)C(=O)OCC1CCCCC1. The molecule has 0 aliphatic heterocycles. The molecule has 0 unspecified atom stereocenters. The van der Waals surface area contributed by atoms with Gasteiger partial charge in [0, 0.05) is 39.3 Å². The molecule has 0 aromatic heterocycles. The van der Waals surface area contributed by atoms with Crippen molar-refractivity contribution in [2.24, 2.45) is 11.8 Å². The molecular weight excluding hydrogens is 492 g/mol. The Balaban J connectivity index is 1.46. The summed E-state index contributed by atoms with van der Waals surface area (Å²) in [4.78, 5) is 50.7. The summed E-state index contributed by atoms with van der Waals surface area (Å²) in [5, 5.41) is 0. The van der Waals surface area contributed by atoms with Crippen LogP contribution in [0.15, 0.2) is 12.2 Å². The molecule has 216 valence electrons. The summed E-state index contributed by atoms with van der Waals surface area (Å²) in [6, 6.07) is 0. The van der Waals surface area contributed by atoms with Crippen molar-refractivity contribution in [1.29, 1.82) is 0 Å². The van der Waals surface area contributed by atoms with Crippen molar-refractivity contribution in [3.63, 3.8) is 0 Å². The van der Waals surface area contributed by atoms with Crippen LogP contribution < -0.4 is 0 Å². The van der Waals surface area contributed by atoms with Crippen molar-refractivity contribution < 1.29 is 38.1 Å². The molecule has 0 spiro atoms. The first-order chi connectivity index (χ1) is 18.3. The first kappa shape index (κ1) is 31.4. The van der Waals surface area contributed by atoms with Gasteiger partial charge in [0.2, 0.25) is 0 Å². The van der Waals surface area contributed by atoms with E-state index in [9.17, 15) is 19.2 Å². The molecule has 0 saturated heterocycles. The minimum atomic E-state index is -0.662. The Bertz CT molecular complexity index is 698. The first-order valence-electron chi connectivity index (χ1n) is 14.1. The Morgan fingerprint density at radius 1 is 0.605 bits per heavy atom. The predicted molar refractivity (Wildman–Crippen MR) is 141 cm³/mol. The minimum absolute atomic E-state index is 0.113. The van der Waals surface area contributed by atoms with Gasteiger partial charge >= 0.3 is 24.1 Å². The quantitative estimate of drug-likeness (QED) is 0.135. The van der Waals surface area contributed by atoms with E-state index in [2.05, 4.69) is 0 Å². The Morgan fingerprint density at radius 2 is 0.974 bits per heavy atom. The Morgan fingerprint density at radius 3 is 1.34 bits per heavy atom. The lowest BCUT2D eigenvalue weighted by Gasteiger charge is -2.23. The summed E-state index contributed by atoms with van der Waals surface area (Å²) in [7, 11) is 3.30. The topological polar surface area (TPSA) is 112 Å². The number of ether oxygens (including phenoxy) is 4. The average Bonchev–Trinajstić information content (AvgIpc) is 2.94. The largest absolute Gasteiger partial charge is 0.462 e. The highest BCUT2D eigenvalue weighted by Crippen LogP contribution is 2.24.